The Hall–Kier alpha value is -2.60. The van der Waals surface area contributed by atoms with Gasteiger partial charge in [-0.3, -0.25) is 4.79 Å². The van der Waals surface area contributed by atoms with Gasteiger partial charge in [0.15, 0.2) is 0 Å². The van der Waals surface area contributed by atoms with Gasteiger partial charge >= 0.3 is 0 Å². The van der Waals surface area contributed by atoms with Crippen LogP contribution in [-0.2, 0) is 17.8 Å². The Labute approximate surface area is 133 Å². The van der Waals surface area contributed by atoms with E-state index in [1.807, 2.05) is 31.2 Å². The number of aromatic amines is 1. The Kier molecular flexibility index (Phi) is 3.38. The molecule has 1 aliphatic rings. The number of aromatic nitrogens is 2. The standard InChI is InChI=1S/C17H18N4O2/c1-10-11-4-2-3-5-13(11)23-14(10)8-19-17(22)16-15-12(6-7-18-16)20-9-21-15/h2-5,9,16,18H,6-8H2,1H3,(H,19,22)(H,20,21). The molecule has 0 radical (unpaired) electrons. The molecule has 2 aromatic heterocycles. The lowest BCUT2D eigenvalue weighted by Crippen LogP contribution is -2.41. The molecule has 0 fully saturated rings. The highest BCUT2D eigenvalue weighted by Gasteiger charge is 2.28. The molecule has 3 N–H and O–H groups in total. The maximum absolute atomic E-state index is 12.5. The number of nitrogens with zero attached hydrogens (tertiary/aromatic N) is 1. The smallest absolute Gasteiger partial charge is 0.243 e. The molecule has 3 heterocycles. The SMILES string of the molecule is Cc1c(CNC(=O)C2NCCc3[nH]cnc32)oc2ccccc12. The van der Waals surface area contributed by atoms with Crippen molar-refractivity contribution >= 4 is 16.9 Å². The molecular weight excluding hydrogens is 292 g/mol. The Bertz CT molecular complexity index is 864. The minimum atomic E-state index is -0.408. The Morgan fingerprint density at radius 2 is 2.30 bits per heavy atom. The van der Waals surface area contributed by atoms with Crippen molar-refractivity contribution in [2.75, 3.05) is 6.54 Å². The molecule has 0 spiro atoms. The third-order valence-corrected chi connectivity index (χ3v) is 4.38. The molecule has 6 heteroatoms. The lowest BCUT2D eigenvalue weighted by Gasteiger charge is -2.22. The number of nitrogens with one attached hydrogen (secondary N) is 3. The summed E-state index contributed by atoms with van der Waals surface area (Å²) in [5, 5.41) is 7.25. The zero-order chi connectivity index (χ0) is 15.8. The lowest BCUT2D eigenvalue weighted by atomic mass is 10.0. The number of amides is 1. The quantitative estimate of drug-likeness (QED) is 0.690. The molecular formula is C17H18N4O2. The number of H-pyrrole nitrogens is 1. The van der Waals surface area contributed by atoms with Gasteiger partial charge in [0.25, 0.3) is 0 Å². The van der Waals surface area contributed by atoms with Crippen molar-refractivity contribution < 1.29 is 9.21 Å². The van der Waals surface area contributed by atoms with Gasteiger partial charge in [-0.1, -0.05) is 18.2 Å². The maximum Gasteiger partial charge on any atom is 0.243 e. The third-order valence-electron chi connectivity index (χ3n) is 4.38. The summed E-state index contributed by atoms with van der Waals surface area (Å²) < 4.78 is 5.83. The van der Waals surface area contributed by atoms with Crippen LogP contribution < -0.4 is 10.6 Å². The number of aryl methyl sites for hydroxylation is 1. The number of carbonyl (C=O) groups excluding carboxylic acids is 1. The van der Waals surface area contributed by atoms with Gasteiger partial charge in [-0.2, -0.15) is 0 Å². The van der Waals surface area contributed by atoms with Crippen molar-refractivity contribution in [3.05, 3.63) is 53.3 Å². The normalized spacial score (nSPS) is 17.2. The minimum Gasteiger partial charge on any atom is -0.459 e. The summed E-state index contributed by atoms with van der Waals surface area (Å²) in [4.78, 5) is 19.8. The average Bonchev–Trinajstić information content (AvgIpc) is 3.17. The highest BCUT2D eigenvalue weighted by Crippen LogP contribution is 2.25. The molecule has 1 atom stereocenters. The second kappa shape index (κ2) is 5.55. The Morgan fingerprint density at radius 1 is 1.43 bits per heavy atom. The van der Waals surface area contributed by atoms with Crippen molar-refractivity contribution in [2.24, 2.45) is 0 Å². The van der Waals surface area contributed by atoms with Gasteiger partial charge in [0.2, 0.25) is 5.91 Å². The predicted molar refractivity (Wildman–Crippen MR) is 85.8 cm³/mol. The van der Waals surface area contributed by atoms with Crippen LogP contribution in [0.5, 0.6) is 0 Å². The molecule has 6 nitrogen and oxygen atoms in total. The molecule has 118 valence electrons. The fraction of sp³-hybridized carbons (Fsp3) is 0.294. The van der Waals surface area contributed by atoms with E-state index in [1.165, 1.54) is 0 Å². The van der Waals surface area contributed by atoms with Crippen LogP contribution in [-0.4, -0.2) is 22.4 Å². The van der Waals surface area contributed by atoms with Gasteiger partial charge in [-0.25, -0.2) is 4.98 Å². The van der Waals surface area contributed by atoms with Crippen LogP contribution in [0.1, 0.15) is 28.8 Å². The zero-order valence-electron chi connectivity index (χ0n) is 12.8. The highest BCUT2D eigenvalue weighted by molar-refractivity contribution is 5.84. The van der Waals surface area contributed by atoms with Gasteiger partial charge in [0, 0.05) is 29.6 Å². The fourth-order valence-corrected chi connectivity index (χ4v) is 3.10. The predicted octanol–water partition coefficient (Wildman–Crippen LogP) is 1.97. The Balaban J connectivity index is 1.51. The summed E-state index contributed by atoms with van der Waals surface area (Å²) in [6, 6.07) is 7.48. The van der Waals surface area contributed by atoms with Crippen molar-refractivity contribution in [3.8, 4) is 0 Å². The van der Waals surface area contributed by atoms with Gasteiger partial charge in [-0.05, 0) is 13.0 Å². The lowest BCUT2D eigenvalue weighted by molar-refractivity contribution is -0.123. The van der Waals surface area contributed by atoms with Crippen molar-refractivity contribution in [3.63, 3.8) is 0 Å². The number of carbonyl (C=O) groups is 1. The monoisotopic (exact) mass is 310 g/mol. The molecule has 0 saturated carbocycles. The molecule has 1 amide bonds. The van der Waals surface area contributed by atoms with E-state index in [0.29, 0.717) is 6.54 Å². The second-order valence-electron chi connectivity index (χ2n) is 5.77. The first-order valence-electron chi connectivity index (χ1n) is 7.74. The van der Waals surface area contributed by atoms with Crippen molar-refractivity contribution in [1.82, 2.24) is 20.6 Å². The molecule has 0 bridgehead atoms. The fourth-order valence-electron chi connectivity index (χ4n) is 3.10. The zero-order valence-corrected chi connectivity index (χ0v) is 12.8. The first kappa shape index (κ1) is 14.0. The maximum atomic E-state index is 12.5. The second-order valence-corrected chi connectivity index (χ2v) is 5.77. The van der Waals surface area contributed by atoms with Gasteiger partial charge in [-0.15, -0.1) is 0 Å². The summed E-state index contributed by atoms with van der Waals surface area (Å²) in [5.74, 6) is 0.704. The van der Waals surface area contributed by atoms with Crippen LogP contribution >= 0.6 is 0 Å². The van der Waals surface area contributed by atoms with E-state index in [0.717, 1.165) is 46.6 Å². The number of imidazole rings is 1. The van der Waals surface area contributed by atoms with Crippen molar-refractivity contribution in [2.45, 2.75) is 25.9 Å². The molecule has 4 rings (SSSR count). The third kappa shape index (κ3) is 2.41. The summed E-state index contributed by atoms with van der Waals surface area (Å²) in [6.07, 6.45) is 2.50. The van der Waals surface area contributed by atoms with E-state index in [1.54, 1.807) is 6.33 Å². The largest absolute Gasteiger partial charge is 0.459 e. The number of furan rings is 1. The van der Waals surface area contributed by atoms with Crippen LogP contribution in [0.25, 0.3) is 11.0 Å². The summed E-state index contributed by atoms with van der Waals surface area (Å²) in [5.41, 5.74) is 3.73. The van der Waals surface area contributed by atoms with E-state index in [9.17, 15) is 4.79 Å². The summed E-state index contributed by atoms with van der Waals surface area (Å²) in [6.45, 7) is 3.15. The van der Waals surface area contributed by atoms with Crippen LogP contribution in [0.4, 0.5) is 0 Å². The molecule has 1 aliphatic heterocycles. The van der Waals surface area contributed by atoms with E-state index in [4.69, 9.17) is 4.42 Å². The number of hydrogen-bond acceptors (Lipinski definition) is 4. The topological polar surface area (TPSA) is 83.0 Å². The van der Waals surface area contributed by atoms with E-state index >= 15 is 0 Å². The molecule has 1 aromatic carbocycles. The average molecular weight is 310 g/mol. The van der Waals surface area contributed by atoms with Crippen LogP contribution in [0.15, 0.2) is 35.0 Å². The van der Waals surface area contributed by atoms with Crippen LogP contribution in [0.2, 0.25) is 0 Å². The van der Waals surface area contributed by atoms with E-state index in [2.05, 4.69) is 20.6 Å². The van der Waals surface area contributed by atoms with Crippen molar-refractivity contribution in [1.29, 1.82) is 0 Å². The number of hydrogen-bond donors (Lipinski definition) is 3. The van der Waals surface area contributed by atoms with Gasteiger partial charge in [0.1, 0.15) is 17.4 Å². The molecule has 0 saturated heterocycles. The molecule has 1 unspecified atom stereocenters. The van der Waals surface area contributed by atoms with Gasteiger partial charge < -0.3 is 20.0 Å². The number of rotatable bonds is 3. The van der Waals surface area contributed by atoms with E-state index in [-0.39, 0.29) is 5.91 Å². The molecule has 23 heavy (non-hydrogen) atoms. The number of benzene rings is 1. The summed E-state index contributed by atoms with van der Waals surface area (Å²) in [7, 11) is 0. The number of fused-ring (bicyclic) bond motifs is 2. The van der Waals surface area contributed by atoms with Crippen LogP contribution in [0, 0.1) is 6.92 Å². The van der Waals surface area contributed by atoms with Gasteiger partial charge in [0.05, 0.1) is 18.6 Å². The van der Waals surface area contributed by atoms with E-state index < -0.39 is 6.04 Å². The summed E-state index contributed by atoms with van der Waals surface area (Å²) >= 11 is 0. The minimum absolute atomic E-state index is 0.0853. The molecule has 0 aliphatic carbocycles. The highest BCUT2D eigenvalue weighted by atomic mass is 16.3. The van der Waals surface area contributed by atoms with Crippen LogP contribution in [0.3, 0.4) is 0 Å². The first-order chi connectivity index (χ1) is 11.2. The molecule has 3 aromatic rings. The number of para-hydroxylation sites is 1. The first-order valence-corrected chi connectivity index (χ1v) is 7.74. The Morgan fingerprint density at radius 3 is 3.17 bits per heavy atom.